The first-order valence-corrected chi connectivity index (χ1v) is 10.3. The molecule has 3 heterocycles. The molecule has 6 heteroatoms. The molecule has 0 radical (unpaired) electrons. The van der Waals surface area contributed by atoms with Crippen molar-refractivity contribution >= 4 is 46.2 Å². The van der Waals surface area contributed by atoms with Crippen molar-refractivity contribution in [1.29, 1.82) is 0 Å². The number of hydrogen-bond acceptors (Lipinski definition) is 3. The number of pyridine rings is 1. The van der Waals surface area contributed by atoms with E-state index in [4.69, 9.17) is 9.84 Å². The highest BCUT2D eigenvalue weighted by Gasteiger charge is 2.29. The number of aromatic nitrogens is 2. The first kappa shape index (κ1) is 19.2. The molecule has 2 aromatic rings. The van der Waals surface area contributed by atoms with Gasteiger partial charge in [0.2, 0.25) is 0 Å². The molecule has 0 N–H and O–H groups in total. The first-order chi connectivity index (χ1) is 11.8. The smallest absolute Gasteiger partial charge is 0.103 e. The van der Waals surface area contributed by atoms with Crippen molar-refractivity contribution in [2.45, 2.75) is 39.0 Å². The zero-order valence-electron chi connectivity index (χ0n) is 14.8. The Bertz CT molecular complexity index is 710. The molecule has 0 bridgehead atoms. The normalized spacial score (nSPS) is 18.3. The van der Waals surface area contributed by atoms with Gasteiger partial charge in [-0.25, -0.2) is 4.52 Å². The van der Waals surface area contributed by atoms with Crippen molar-refractivity contribution in [3.05, 3.63) is 27.6 Å². The van der Waals surface area contributed by atoms with Gasteiger partial charge in [-0.3, -0.25) is 0 Å². The van der Waals surface area contributed by atoms with Gasteiger partial charge in [-0.1, -0.05) is 13.0 Å². The summed E-state index contributed by atoms with van der Waals surface area (Å²) in [5, 5.41) is 4.92. The van der Waals surface area contributed by atoms with Gasteiger partial charge in [0.25, 0.3) is 0 Å². The number of anilines is 1. The van der Waals surface area contributed by atoms with Crippen LogP contribution in [0, 0.1) is 15.5 Å². The van der Waals surface area contributed by atoms with Crippen LogP contribution in [-0.4, -0.2) is 35.9 Å². The summed E-state index contributed by atoms with van der Waals surface area (Å²) in [5.41, 5.74) is 3.90. The van der Waals surface area contributed by atoms with Crippen molar-refractivity contribution in [3.63, 3.8) is 0 Å². The van der Waals surface area contributed by atoms with Gasteiger partial charge in [0.05, 0.1) is 16.9 Å². The van der Waals surface area contributed by atoms with Crippen LogP contribution in [0.4, 0.5) is 5.69 Å². The lowest BCUT2D eigenvalue weighted by molar-refractivity contribution is 0.0682. The van der Waals surface area contributed by atoms with Crippen molar-refractivity contribution in [2.24, 2.45) is 11.8 Å². The molecule has 1 aliphatic carbocycles. The van der Waals surface area contributed by atoms with Gasteiger partial charge in [0.1, 0.15) is 3.70 Å². The van der Waals surface area contributed by atoms with E-state index in [-0.39, 0.29) is 12.4 Å². The van der Waals surface area contributed by atoms with E-state index in [9.17, 15) is 0 Å². The van der Waals surface area contributed by atoms with Crippen LogP contribution < -0.4 is 4.90 Å². The maximum atomic E-state index is 5.56. The Labute approximate surface area is 169 Å². The third kappa shape index (κ3) is 4.25. The first-order valence-electron chi connectivity index (χ1n) is 9.25. The molecule has 1 aliphatic heterocycles. The highest BCUT2D eigenvalue weighted by atomic mass is 127. The van der Waals surface area contributed by atoms with Crippen LogP contribution in [0.15, 0.2) is 18.2 Å². The molecule has 1 saturated heterocycles. The van der Waals surface area contributed by atoms with Gasteiger partial charge in [-0.15, -0.1) is 12.4 Å². The molecular formula is C19H27ClIN3O. The molecule has 4 rings (SSSR count). The Kier molecular flexibility index (Phi) is 6.49. The van der Waals surface area contributed by atoms with E-state index in [0.29, 0.717) is 0 Å². The van der Waals surface area contributed by atoms with Gasteiger partial charge in [0, 0.05) is 26.3 Å². The molecule has 1 saturated carbocycles. The van der Waals surface area contributed by atoms with Gasteiger partial charge in [-0.2, -0.15) is 5.10 Å². The maximum absolute atomic E-state index is 5.56. The lowest BCUT2D eigenvalue weighted by atomic mass is 9.99. The van der Waals surface area contributed by atoms with Gasteiger partial charge in [-0.05, 0) is 78.7 Å². The fourth-order valence-corrected chi connectivity index (χ4v) is 4.34. The molecule has 0 aromatic carbocycles. The molecule has 2 aliphatic rings. The van der Waals surface area contributed by atoms with Crippen LogP contribution >= 0.6 is 35.0 Å². The Balaban J connectivity index is 0.00000182. The van der Waals surface area contributed by atoms with Gasteiger partial charge in [0.15, 0.2) is 0 Å². The second-order valence-corrected chi connectivity index (χ2v) is 8.30. The summed E-state index contributed by atoms with van der Waals surface area (Å²) in [7, 11) is 0. The third-order valence-electron chi connectivity index (χ3n) is 5.30. The summed E-state index contributed by atoms with van der Waals surface area (Å²) in [4.78, 5) is 2.66. The summed E-state index contributed by atoms with van der Waals surface area (Å²) in [6.45, 7) is 6.42. The van der Waals surface area contributed by atoms with Crippen LogP contribution in [-0.2, 0) is 11.2 Å². The second-order valence-electron chi connectivity index (χ2n) is 7.20. The molecule has 138 valence electrons. The van der Waals surface area contributed by atoms with Crippen molar-refractivity contribution in [1.82, 2.24) is 9.61 Å². The Morgan fingerprint density at radius 1 is 1.16 bits per heavy atom. The summed E-state index contributed by atoms with van der Waals surface area (Å²) >= 11 is 2.39. The minimum atomic E-state index is 0. The summed E-state index contributed by atoms with van der Waals surface area (Å²) < 4.78 is 8.87. The number of ether oxygens (including phenoxy) is 1. The average Bonchev–Trinajstić information content (AvgIpc) is 3.33. The number of hydrogen-bond donors (Lipinski definition) is 0. The van der Waals surface area contributed by atoms with E-state index in [1.807, 2.05) is 0 Å². The largest absolute Gasteiger partial charge is 0.381 e. The van der Waals surface area contributed by atoms with Crippen LogP contribution in [0.25, 0.3) is 5.52 Å². The Morgan fingerprint density at radius 3 is 2.48 bits per heavy atom. The van der Waals surface area contributed by atoms with Crippen LogP contribution in [0.5, 0.6) is 0 Å². The van der Waals surface area contributed by atoms with E-state index in [0.717, 1.165) is 38.0 Å². The Hall–Kier alpha value is -0.530. The summed E-state index contributed by atoms with van der Waals surface area (Å²) in [5.74, 6) is 1.63. The van der Waals surface area contributed by atoms with Crippen LogP contribution in [0.2, 0.25) is 0 Å². The highest BCUT2D eigenvalue weighted by molar-refractivity contribution is 14.1. The lowest BCUT2D eigenvalue weighted by Gasteiger charge is -2.31. The van der Waals surface area contributed by atoms with Crippen molar-refractivity contribution in [3.8, 4) is 0 Å². The maximum Gasteiger partial charge on any atom is 0.103 e. The van der Waals surface area contributed by atoms with Crippen LogP contribution in [0.3, 0.4) is 0 Å². The van der Waals surface area contributed by atoms with E-state index in [2.05, 4.69) is 57.1 Å². The zero-order chi connectivity index (χ0) is 16.5. The zero-order valence-corrected chi connectivity index (χ0v) is 17.8. The number of halogens is 2. The molecule has 2 aromatic heterocycles. The van der Waals surface area contributed by atoms with E-state index < -0.39 is 0 Å². The fraction of sp³-hybridized carbons (Fsp3) is 0.632. The minimum Gasteiger partial charge on any atom is -0.381 e. The second kappa shape index (κ2) is 8.44. The predicted octanol–water partition coefficient (Wildman–Crippen LogP) is 4.57. The number of rotatable bonds is 6. The van der Waals surface area contributed by atoms with Crippen molar-refractivity contribution in [2.75, 3.05) is 31.2 Å². The third-order valence-corrected chi connectivity index (χ3v) is 6.12. The van der Waals surface area contributed by atoms with E-state index in [1.54, 1.807) is 0 Å². The molecule has 25 heavy (non-hydrogen) atoms. The highest BCUT2D eigenvalue weighted by Crippen LogP contribution is 2.36. The molecule has 0 spiro atoms. The monoisotopic (exact) mass is 475 g/mol. The number of nitrogens with zero attached hydrogens (tertiary/aromatic N) is 3. The predicted molar refractivity (Wildman–Crippen MR) is 113 cm³/mol. The molecule has 2 fully saturated rings. The summed E-state index contributed by atoms with van der Waals surface area (Å²) in [6.07, 6.45) is 6.16. The molecular weight excluding hydrogens is 449 g/mol. The van der Waals surface area contributed by atoms with Gasteiger partial charge < -0.3 is 9.64 Å². The summed E-state index contributed by atoms with van der Waals surface area (Å²) in [6, 6.07) is 6.52. The minimum absolute atomic E-state index is 0. The lowest BCUT2D eigenvalue weighted by Crippen LogP contribution is -2.34. The standard InChI is InChI=1S/C19H26IN3O.ClH/c1-2-16-19(17-4-3-5-18(20)23(17)21-16)22(12-14-6-7-14)13-15-8-10-24-11-9-15;/h3-5,14-15H,2,6-13H2,1H3;1H. The molecule has 4 nitrogen and oxygen atoms in total. The number of fused-ring (bicyclic) bond motifs is 1. The van der Waals surface area contributed by atoms with Crippen LogP contribution in [0.1, 0.15) is 38.3 Å². The molecule has 0 unspecified atom stereocenters. The van der Waals surface area contributed by atoms with Gasteiger partial charge >= 0.3 is 0 Å². The molecule has 0 amide bonds. The topological polar surface area (TPSA) is 29.8 Å². The van der Waals surface area contributed by atoms with Crippen molar-refractivity contribution < 1.29 is 4.74 Å². The quantitative estimate of drug-likeness (QED) is 0.453. The SMILES string of the molecule is CCc1nn2c(I)cccc2c1N(CC1CCOCC1)CC1CC1.Cl. The fourth-order valence-electron chi connectivity index (χ4n) is 3.76. The molecule has 0 atom stereocenters. The average molecular weight is 476 g/mol. The Morgan fingerprint density at radius 2 is 1.84 bits per heavy atom. The number of aryl methyl sites for hydroxylation is 1. The van der Waals surface area contributed by atoms with E-state index in [1.165, 1.54) is 52.8 Å². The van der Waals surface area contributed by atoms with E-state index >= 15 is 0 Å².